The van der Waals surface area contributed by atoms with E-state index in [0.717, 1.165) is 12.8 Å². The highest BCUT2D eigenvalue weighted by atomic mass is 19.1. The molecule has 2 nitrogen and oxygen atoms in total. The van der Waals surface area contributed by atoms with Gasteiger partial charge in [0.2, 0.25) is 0 Å². The fraction of sp³-hybridized carbons (Fsp3) is 1.00. The zero-order valence-corrected chi connectivity index (χ0v) is 12.7. The van der Waals surface area contributed by atoms with Crippen LogP contribution in [0.4, 0.5) is 4.39 Å². The Balaban J connectivity index is 1.55. The van der Waals surface area contributed by atoms with Gasteiger partial charge in [-0.25, -0.2) is 0 Å². The molecular formula is C15H26BFO2. The van der Waals surface area contributed by atoms with E-state index in [0.29, 0.717) is 5.41 Å². The summed E-state index contributed by atoms with van der Waals surface area (Å²) >= 11 is 0. The third kappa shape index (κ3) is 1.90. The van der Waals surface area contributed by atoms with Crippen molar-refractivity contribution >= 4 is 7.12 Å². The molecule has 0 aromatic heterocycles. The molecule has 108 valence electrons. The maximum Gasteiger partial charge on any atom is 0.464 e. The van der Waals surface area contributed by atoms with Gasteiger partial charge in [0, 0.05) is 5.31 Å². The van der Waals surface area contributed by atoms with E-state index in [1.807, 2.05) is 0 Å². The van der Waals surface area contributed by atoms with Gasteiger partial charge in [0.15, 0.2) is 0 Å². The van der Waals surface area contributed by atoms with Crippen LogP contribution in [0.5, 0.6) is 0 Å². The van der Waals surface area contributed by atoms with Gasteiger partial charge in [0.1, 0.15) is 0 Å². The lowest BCUT2D eigenvalue weighted by Crippen LogP contribution is -2.63. The quantitative estimate of drug-likeness (QED) is 0.551. The van der Waals surface area contributed by atoms with Crippen LogP contribution in [0.25, 0.3) is 0 Å². The maximum atomic E-state index is 12.2. The highest BCUT2D eigenvalue weighted by Gasteiger charge is 2.75. The molecule has 0 N–H and O–H groups in total. The number of alkyl halides is 1. The second-order valence-corrected chi connectivity index (χ2v) is 8.13. The number of hydrogen-bond acceptors (Lipinski definition) is 2. The lowest BCUT2D eigenvalue weighted by Gasteiger charge is -2.71. The Morgan fingerprint density at radius 2 is 1.47 bits per heavy atom. The second kappa shape index (κ2) is 3.97. The Labute approximate surface area is 116 Å². The van der Waals surface area contributed by atoms with Gasteiger partial charge in [-0.15, -0.1) is 0 Å². The first-order valence-corrected chi connectivity index (χ1v) is 7.66. The van der Waals surface area contributed by atoms with Gasteiger partial charge < -0.3 is 9.31 Å². The molecule has 0 unspecified atom stereocenters. The summed E-state index contributed by atoms with van der Waals surface area (Å²) in [7, 11) is -0.0273. The predicted molar refractivity (Wildman–Crippen MR) is 74.9 cm³/mol. The molecule has 19 heavy (non-hydrogen) atoms. The van der Waals surface area contributed by atoms with E-state index in [1.165, 1.54) is 25.7 Å². The van der Waals surface area contributed by atoms with Crippen LogP contribution >= 0.6 is 0 Å². The molecule has 1 saturated heterocycles. The lowest BCUT2D eigenvalue weighted by molar-refractivity contribution is -0.117. The van der Waals surface area contributed by atoms with Crippen molar-refractivity contribution < 1.29 is 13.7 Å². The minimum atomic E-state index is -0.214. The third-order valence-corrected chi connectivity index (χ3v) is 6.03. The van der Waals surface area contributed by atoms with E-state index in [1.54, 1.807) is 0 Å². The van der Waals surface area contributed by atoms with Crippen molar-refractivity contribution in [2.24, 2.45) is 5.41 Å². The van der Waals surface area contributed by atoms with Crippen LogP contribution in [0.3, 0.4) is 0 Å². The van der Waals surface area contributed by atoms with Crippen molar-refractivity contribution in [2.75, 3.05) is 6.67 Å². The molecule has 4 heteroatoms. The van der Waals surface area contributed by atoms with Crippen molar-refractivity contribution in [3.05, 3.63) is 0 Å². The Hall–Kier alpha value is -0.0851. The lowest BCUT2D eigenvalue weighted by atomic mass is 9.23. The Kier molecular flexibility index (Phi) is 2.90. The van der Waals surface area contributed by atoms with Gasteiger partial charge in [0.25, 0.3) is 0 Å². The molecular weight excluding hydrogens is 242 g/mol. The zero-order valence-electron chi connectivity index (χ0n) is 12.7. The molecule has 0 aromatic rings. The largest absolute Gasteiger partial charge is 0.464 e. The first kappa shape index (κ1) is 13.9. The van der Waals surface area contributed by atoms with E-state index >= 15 is 0 Å². The molecule has 4 rings (SSSR count). The monoisotopic (exact) mass is 268 g/mol. The first-order chi connectivity index (χ1) is 8.74. The summed E-state index contributed by atoms with van der Waals surface area (Å²) < 4.78 is 24.5. The molecule has 4 aliphatic rings. The minimum Gasteiger partial charge on any atom is -0.403 e. The standard InChI is InChI=1S/C15H26BFO2/c1-12(2)13(3,4)19-16(18-12)15-9-14(10-15,11-15)7-5-6-8-17/h5-11H2,1-4H3. The van der Waals surface area contributed by atoms with Crippen LogP contribution in [0, 0.1) is 5.41 Å². The average Bonchev–Trinajstić information content (AvgIpc) is 2.38. The number of hydrogen-bond donors (Lipinski definition) is 0. The maximum absolute atomic E-state index is 12.2. The van der Waals surface area contributed by atoms with Crippen LogP contribution in [0.2, 0.25) is 5.31 Å². The van der Waals surface area contributed by atoms with Crippen LogP contribution in [-0.4, -0.2) is 25.0 Å². The minimum absolute atomic E-state index is 0.0273. The van der Waals surface area contributed by atoms with Gasteiger partial charge in [-0.05, 0) is 65.2 Å². The average molecular weight is 268 g/mol. The third-order valence-electron chi connectivity index (χ3n) is 6.03. The summed E-state index contributed by atoms with van der Waals surface area (Å²) in [5, 5.41) is 0.279. The molecule has 3 aliphatic carbocycles. The van der Waals surface area contributed by atoms with Crippen molar-refractivity contribution in [3.63, 3.8) is 0 Å². The van der Waals surface area contributed by atoms with Gasteiger partial charge >= 0.3 is 7.12 Å². The normalized spacial score (nSPS) is 41.8. The number of unbranched alkanes of at least 4 members (excludes halogenated alkanes) is 1. The molecule has 2 bridgehead atoms. The molecule has 0 radical (unpaired) electrons. The van der Waals surface area contributed by atoms with E-state index in [2.05, 4.69) is 27.7 Å². The van der Waals surface area contributed by atoms with Crippen molar-refractivity contribution in [1.82, 2.24) is 0 Å². The molecule has 0 aromatic carbocycles. The van der Waals surface area contributed by atoms with E-state index in [-0.39, 0.29) is 30.3 Å². The molecule has 1 aliphatic heterocycles. The van der Waals surface area contributed by atoms with Gasteiger partial charge in [-0.2, -0.15) is 0 Å². The summed E-state index contributed by atoms with van der Waals surface area (Å²) in [5.74, 6) is 0. The highest BCUT2D eigenvalue weighted by molar-refractivity contribution is 6.51. The molecule has 4 fully saturated rings. The highest BCUT2D eigenvalue weighted by Crippen LogP contribution is 2.82. The topological polar surface area (TPSA) is 18.5 Å². The Morgan fingerprint density at radius 3 is 1.95 bits per heavy atom. The van der Waals surface area contributed by atoms with Crippen molar-refractivity contribution in [2.45, 2.75) is 82.7 Å². The Bertz CT molecular complexity index is 345. The molecule has 0 spiro atoms. The van der Waals surface area contributed by atoms with Crippen LogP contribution in [0.15, 0.2) is 0 Å². The zero-order chi connectivity index (χ0) is 13.9. The Morgan fingerprint density at radius 1 is 0.947 bits per heavy atom. The number of halogens is 1. The first-order valence-electron chi connectivity index (χ1n) is 7.66. The summed E-state index contributed by atoms with van der Waals surface area (Å²) in [5.41, 5.74) is 0.0851. The number of rotatable bonds is 5. The van der Waals surface area contributed by atoms with Crippen molar-refractivity contribution in [1.29, 1.82) is 0 Å². The predicted octanol–water partition coefficient (Wildman–Crippen LogP) is 4.14. The van der Waals surface area contributed by atoms with Gasteiger partial charge in [-0.3, -0.25) is 4.39 Å². The molecule has 1 heterocycles. The fourth-order valence-corrected chi connectivity index (χ4v) is 4.29. The van der Waals surface area contributed by atoms with E-state index < -0.39 is 0 Å². The van der Waals surface area contributed by atoms with Crippen LogP contribution in [-0.2, 0) is 9.31 Å². The van der Waals surface area contributed by atoms with Gasteiger partial charge in [0.05, 0.1) is 17.9 Å². The van der Waals surface area contributed by atoms with Crippen molar-refractivity contribution in [3.8, 4) is 0 Å². The molecule has 0 amide bonds. The van der Waals surface area contributed by atoms with E-state index in [9.17, 15) is 4.39 Å². The van der Waals surface area contributed by atoms with E-state index in [4.69, 9.17) is 9.31 Å². The smallest absolute Gasteiger partial charge is 0.403 e. The van der Waals surface area contributed by atoms with Crippen LogP contribution in [0.1, 0.15) is 66.2 Å². The summed E-state index contributed by atoms with van der Waals surface area (Å²) in [6.45, 7) is 8.31. The van der Waals surface area contributed by atoms with Crippen LogP contribution < -0.4 is 0 Å². The fourth-order valence-electron chi connectivity index (χ4n) is 4.29. The molecule has 3 saturated carbocycles. The summed E-state index contributed by atoms with van der Waals surface area (Å²) in [6.07, 6.45) is 6.63. The summed E-state index contributed by atoms with van der Waals surface area (Å²) in [4.78, 5) is 0. The second-order valence-electron chi connectivity index (χ2n) is 8.13. The summed E-state index contributed by atoms with van der Waals surface area (Å²) in [6, 6.07) is 0. The molecule has 0 atom stereocenters. The van der Waals surface area contributed by atoms with Gasteiger partial charge in [-0.1, -0.05) is 6.42 Å². The SMILES string of the molecule is CC1(C)OB(C23CC(CCCCF)(C2)C3)OC1(C)C.